The van der Waals surface area contributed by atoms with Gasteiger partial charge in [-0.25, -0.2) is 0 Å². The van der Waals surface area contributed by atoms with E-state index < -0.39 is 0 Å². The van der Waals surface area contributed by atoms with Gasteiger partial charge >= 0.3 is 0 Å². The van der Waals surface area contributed by atoms with Crippen molar-refractivity contribution in [2.75, 3.05) is 31.4 Å². The lowest BCUT2D eigenvalue weighted by Crippen LogP contribution is -1.95. The Bertz CT molecular complexity index is 534. The molecule has 7 heteroatoms. The molecule has 1 aromatic carbocycles. The van der Waals surface area contributed by atoms with Crippen LogP contribution in [0.25, 0.3) is 0 Å². The molecule has 1 N–H and O–H groups in total. The fourth-order valence-electron chi connectivity index (χ4n) is 1.51. The molecule has 0 aliphatic heterocycles. The van der Waals surface area contributed by atoms with Gasteiger partial charge in [-0.15, -0.1) is 10.2 Å². The minimum absolute atomic E-state index is 0.732. The number of benzene rings is 1. The molecule has 0 aliphatic carbocycles. The number of nitrogens with one attached hydrogen (secondary N) is 1. The summed E-state index contributed by atoms with van der Waals surface area (Å²) in [4.78, 5) is 0. The molecular formula is C13H17N3O2S2. The van der Waals surface area contributed by atoms with Crippen molar-refractivity contribution in [3.63, 3.8) is 0 Å². The first-order valence-corrected chi connectivity index (χ1v) is 8.07. The van der Waals surface area contributed by atoms with E-state index in [-0.39, 0.29) is 0 Å². The van der Waals surface area contributed by atoms with E-state index in [1.807, 2.05) is 31.2 Å². The third-order valence-corrected chi connectivity index (χ3v) is 4.35. The average molecular weight is 311 g/mol. The van der Waals surface area contributed by atoms with Crippen molar-refractivity contribution in [3.05, 3.63) is 24.3 Å². The van der Waals surface area contributed by atoms with Crippen LogP contribution in [0.4, 0.5) is 10.8 Å². The molecule has 0 fully saturated rings. The standard InChI is InChI=1S/C13H17N3O2S2/c1-3-18-8-9-19-13-16-15-12(20-13)14-10-6-4-5-7-11(10)17-2/h4-7H,3,8-9H2,1-2H3,(H,14,15). The van der Waals surface area contributed by atoms with Crippen LogP contribution in [0.1, 0.15) is 6.92 Å². The molecule has 0 saturated carbocycles. The molecule has 0 amide bonds. The van der Waals surface area contributed by atoms with E-state index in [2.05, 4.69) is 15.5 Å². The van der Waals surface area contributed by atoms with Crippen LogP contribution in [-0.4, -0.2) is 36.3 Å². The van der Waals surface area contributed by atoms with Gasteiger partial charge in [0.2, 0.25) is 5.13 Å². The van der Waals surface area contributed by atoms with Gasteiger partial charge in [-0.2, -0.15) is 0 Å². The smallest absolute Gasteiger partial charge is 0.210 e. The third-order valence-electron chi connectivity index (χ3n) is 2.41. The van der Waals surface area contributed by atoms with Crippen LogP contribution in [-0.2, 0) is 4.74 Å². The highest BCUT2D eigenvalue weighted by Crippen LogP contribution is 2.31. The number of anilines is 2. The Morgan fingerprint density at radius 3 is 2.95 bits per heavy atom. The first kappa shape index (κ1) is 15.1. The van der Waals surface area contributed by atoms with Gasteiger partial charge in [0.15, 0.2) is 4.34 Å². The molecular weight excluding hydrogens is 294 g/mol. The maximum absolute atomic E-state index is 5.29. The Labute approximate surface area is 126 Å². The molecule has 108 valence electrons. The third kappa shape index (κ3) is 4.36. The van der Waals surface area contributed by atoms with Gasteiger partial charge in [-0.05, 0) is 19.1 Å². The Hall–Kier alpha value is -1.31. The lowest BCUT2D eigenvalue weighted by atomic mass is 10.3. The fourth-order valence-corrected chi connectivity index (χ4v) is 3.20. The number of thioether (sulfide) groups is 1. The average Bonchev–Trinajstić information content (AvgIpc) is 2.92. The van der Waals surface area contributed by atoms with E-state index in [4.69, 9.17) is 9.47 Å². The fraction of sp³-hybridized carbons (Fsp3) is 0.385. The van der Waals surface area contributed by atoms with Crippen LogP contribution in [0.15, 0.2) is 28.6 Å². The van der Waals surface area contributed by atoms with E-state index in [0.29, 0.717) is 0 Å². The van der Waals surface area contributed by atoms with Crippen LogP contribution in [0, 0.1) is 0 Å². The Morgan fingerprint density at radius 1 is 1.30 bits per heavy atom. The summed E-state index contributed by atoms with van der Waals surface area (Å²) < 4.78 is 11.5. The van der Waals surface area contributed by atoms with E-state index in [9.17, 15) is 0 Å². The van der Waals surface area contributed by atoms with Gasteiger partial charge in [-0.1, -0.05) is 35.2 Å². The highest BCUT2D eigenvalue weighted by atomic mass is 32.2. The summed E-state index contributed by atoms with van der Waals surface area (Å²) in [5.41, 5.74) is 0.886. The van der Waals surface area contributed by atoms with Crippen LogP contribution in [0.2, 0.25) is 0 Å². The van der Waals surface area contributed by atoms with Crippen LogP contribution < -0.4 is 10.1 Å². The molecule has 1 heterocycles. The second kappa shape index (κ2) is 8.08. The second-order valence-corrected chi connectivity index (χ2v) is 6.06. The molecule has 0 saturated heterocycles. The second-order valence-electron chi connectivity index (χ2n) is 3.74. The minimum atomic E-state index is 0.732. The molecule has 2 rings (SSSR count). The number of methoxy groups -OCH3 is 1. The van der Waals surface area contributed by atoms with Crippen molar-refractivity contribution < 1.29 is 9.47 Å². The summed E-state index contributed by atoms with van der Waals surface area (Å²) in [7, 11) is 1.65. The van der Waals surface area contributed by atoms with Crippen molar-refractivity contribution in [2.45, 2.75) is 11.3 Å². The molecule has 0 spiro atoms. The van der Waals surface area contributed by atoms with Gasteiger partial charge in [-0.3, -0.25) is 0 Å². The van der Waals surface area contributed by atoms with Crippen molar-refractivity contribution in [3.8, 4) is 5.75 Å². The first-order chi connectivity index (χ1) is 9.83. The maximum atomic E-state index is 5.29. The molecule has 1 aromatic heterocycles. The Morgan fingerprint density at radius 2 is 2.15 bits per heavy atom. The zero-order valence-corrected chi connectivity index (χ0v) is 13.1. The lowest BCUT2D eigenvalue weighted by molar-refractivity contribution is 0.164. The monoisotopic (exact) mass is 311 g/mol. The summed E-state index contributed by atoms with van der Waals surface area (Å²) in [6.45, 7) is 3.47. The lowest BCUT2D eigenvalue weighted by Gasteiger charge is -2.07. The zero-order valence-electron chi connectivity index (χ0n) is 11.5. The molecule has 5 nitrogen and oxygen atoms in total. The Balaban J connectivity index is 1.92. The highest BCUT2D eigenvalue weighted by Gasteiger charge is 2.07. The van der Waals surface area contributed by atoms with Crippen molar-refractivity contribution in [1.82, 2.24) is 10.2 Å². The molecule has 20 heavy (non-hydrogen) atoms. The summed E-state index contributed by atoms with van der Waals surface area (Å²) >= 11 is 3.17. The number of aromatic nitrogens is 2. The van der Waals surface area contributed by atoms with E-state index in [0.717, 1.165) is 39.9 Å². The highest BCUT2D eigenvalue weighted by molar-refractivity contribution is 8.01. The SMILES string of the molecule is CCOCCSc1nnc(Nc2ccccc2OC)s1. The zero-order chi connectivity index (χ0) is 14.2. The van der Waals surface area contributed by atoms with Gasteiger partial charge in [0.05, 0.1) is 19.4 Å². The minimum Gasteiger partial charge on any atom is -0.495 e. The maximum Gasteiger partial charge on any atom is 0.210 e. The molecule has 0 atom stereocenters. The van der Waals surface area contributed by atoms with Gasteiger partial charge < -0.3 is 14.8 Å². The molecule has 2 aromatic rings. The largest absolute Gasteiger partial charge is 0.495 e. The number of hydrogen-bond acceptors (Lipinski definition) is 7. The molecule has 0 bridgehead atoms. The first-order valence-electron chi connectivity index (χ1n) is 6.27. The number of hydrogen-bond donors (Lipinski definition) is 1. The Kier molecular flexibility index (Phi) is 6.10. The number of nitrogens with zero attached hydrogens (tertiary/aromatic N) is 2. The normalized spacial score (nSPS) is 10.5. The van der Waals surface area contributed by atoms with Crippen molar-refractivity contribution >= 4 is 33.9 Å². The summed E-state index contributed by atoms with van der Waals surface area (Å²) in [6, 6.07) is 7.73. The van der Waals surface area contributed by atoms with Crippen molar-refractivity contribution in [1.29, 1.82) is 0 Å². The molecule has 0 unspecified atom stereocenters. The van der Waals surface area contributed by atoms with Crippen molar-refractivity contribution in [2.24, 2.45) is 0 Å². The van der Waals surface area contributed by atoms with Gasteiger partial charge in [0.25, 0.3) is 0 Å². The van der Waals surface area contributed by atoms with E-state index in [1.165, 1.54) is 11.3 Å². The van der Waals surface area contributed by atoms with E-state index >= 15 is 0 Å². The number of para-hydroxylation sites is 2. The van der Waals surface area contributed by atoms with Crippen LogP contribution >= 0.6 is 23.1 Å². The number of ether oxygens (including phenoxy) is 2. The number of rotatable bonds is 8. The van der Waals surface area contributed by atoms with Crippen LogP contribution in [0.3, 0.4) is 0 Å². The van der Waals surface area contributed by atoms with Crippen LogP contribution in [0.5, 0.6) is 5.75 Å². The summed E-state index contributed by atoms with van der Waals surface area (Å²) in [6.07, 6.45) is 0. The quantitative estimate of drug-likeness (QED) is 0.595. The predicted octanol–water partition coefficient (Wildman–Crippen LogP) is 3.42. The van der Waals surface area contributed by atoms with Gasteiger partial charge in [0.1, 0.15) is 5.75 Å². The van der Waals surface area contributed by atoms with Gasteiger partial charge in [0, 0.05) is 12.4 Å². The topological polar surface area (TPSA) is 56.3 Å². The summed E-state index contributed by atoms with van der Waals surface area (Å²) in [5.74, 6) is 1.67. The summed E-state index contributed by atoms with van der Waals surface area (Å²) in [5, 5.41) is 12.2. The van der Waals surface area contributed by atoms with E-state index in [1.54, 1.807) is 18.9 Å². The molecule has 0 aliphatic rings. The predicted molar refractivity (Wildman–Crippen MR) is 83.4 cm³/mol. The molecule has 0 radical (unpaired) electrons.